The Bertz CT molecular complexity index is 140. The first-order chi connectivity index (χ1) is 4.84. The molecule has 0 saturated carbocycles. The van der Waals surface area contributed by atoms with Gasteiger partial charge in [0.15, 0.2) is 6.23 Å². The lowest BCUT2D eigenvalue weighted by molar-refractivity contribution is -0.917. The van der Waals surface area contributed by atoms with Crippen molar-refractivity contribution in [1.29, 1.82) is 0 Å². The van der Waals surface area contributed by atoms with Gasteiger partial charge >= 0.3 is 0 Å². The van der Waals surface area contributed by atoms with Crippen LogP contribution in [0.1, 0.15) is 13.8 Å². The minimum absolute atomic E-state index is 0. The van der Waals surface area contributed by atoms with Crippen molar-refractivity contribution in [2.45, 2.75) is 20.1 Å². The van der Waals surface area contributed by atoms with Crippen LogP contribution in [0.5, 0.6) is 0 Å². The van der Waals surface area contributed by atoms with Crippen LogP contribution in [-0.4, -0.2) is 38.5 Å². The second kappa shape index (κ2) is 5.73. The highest BCUT2D eigenvalue weighted by atomic mass is 79.9. The van der Waals surface area contributed by atoms with Crippen molar-refractivity contribution in [3.05, 3.63) is 12.2 Å². The summed E-state index contributed by atoms with van der Waals surface area (Å²) in [6, 6.07) is 0. The standard InChI is InChI=1S/C9H20NO.BrH/c1-8(2)7-11-9(3)10(4,5)6;/h9H,1,7H2,2-6H3;1H/q+1;/p-1. The van der Waals surface area contributed by atoms with E-state index in [9.17, 15) is 0 Å². The van der Waals surface area contributed by atoms with Crippen molar-refractivity contribution in [1.82, 2.24) is 0 Å². The summed E-state index contributed by atoms with van der Waals surface area (Å²) in [4.78, 5) is 0. The minimum atomic E-state index is 0. The zero-order valence-corrected chi connectivity index (χ0v) is 10.3. The van der Waals surface area contributed by atoms with Crippen LogP contribution in [-0.2, 0) is 4.74 Å². The highest BCUT2D eigenvalue weighted by molar-refractivity contribution is 4.87. The third-order valence-corrected chi connectivity index (χ3v) is 1.66. The molecule has 74 valence electrons. The average Bonchev–Trinajstić information content (AvgIpc) is 1.80. The fourth-order valence-electron chi connectivity index (χ4n) is 0.486. The maximum atomic E-state index is 5.54. The molecule has 0 aromatic rings. The first-order valence-corrected chi connectivity index (χ1v) is 3.91. The summed E-state index contributed by atoms with van der Waals surface area (Å²) in [6.45, 7) is 8.49. The maximum absolute atomic E-state index is 5.54. The quantitative estimate of drug-likeness (QED) is 0.334. The summed E-state index contributed by atoms with van der Waals surface area (Å²) in [5.74, 6) is 0. The molecule has 12 heavy (non-hydrogen) atoms. The lowest BCUT2D eigenvalue weighted by Gasteiger charge is -2.31. The van der Waals surface area contributed by atoms with Crippen LogP contribution in [0.4, 0.5) is 0 Å². The third kappa shape index (κ3) is 6.83. The molecule has 0 fully saturated rings. The summed E-state index contributed by atoms with van der Waals surface area (Å²) < 4.78 is 6.37. The Morgan fingerprint density at radius 2 is 1.83 bits per heavy atom. The van der Waals surface area contributed by atoms with E-state index in [4.69, 9.17) is 4.74 Å². The van der Waals surface area contributed by atoms with Crippen molar-refractivity contribution < 1.29 is 26.2 Å². The maximum Gasteiger partial charge on any atom is 0.190 e. The molecule has 0 aromatic carbocycles. The van der Waals surface area contributed by atoms with E-state index < -0.39 is 0 Å². The first-order valence-electron chi connectivity index (χ1n) is 3.91. The van der Waals surface area contributed by atoms with Gasteiger partial charge in [0.1, 0.15) is 0 Å². The molecule has 0 N–H and O–H groups in total. The van der Waals surface area contributed by atoms with Crippen LogP contribution in [0, 0.1) is 0 Å². The van der Waals surface area contributed by atoms with Gasteiger partial charge in [-0.3, -0.25) is 0 Å². The van der Waals surface area contributed by atoms with Gasteiger partial charge in [0, 0.05) is 6.92 Å². The van der Waals surface area contributed by atoms with E-state index in [0.717, 1.165) is 10.1 Å². The Hall–Kier alpha value is 0.140. The largest absolute Gasteiger partial charge is 1.00 e. The van der Waals surface area contributed by atoms with Crippen molar-refractivity contribution in [2.75, 3.05) is 27.7 Å². The molecule has 0 aliphatic heterocycles. The first kappa shape index (κ1) is 14.7. The van der Waals surface area contributed by atoms with Gasteiger partial charge < -0.3 is 26.2 Å². The number of quaternary nitrogens is 1. The van der Waals surface area contributed by atoms with Crippen molar-refractivity contribution in [3.63, 3.8) is 0 Å². The Morgan fingerprint density at radius 1 is 1.42 bits per heavy atom. The second-order valence-corrected chi connectivity index (χ2v) is 3.98. The van der Waals surface area contributed by atoms with Gasteiger partial charge in [-0.25, -0.2) is 0 Å². The highest BCUT2D eigenvalue weighted by Crippen LogP contribution is 2.04. The second-order valence-electron chi connectivity index (χ2n) is 3.98. The number of halogens is 1. The zero-order valence-electron chi connectivity index (χ0n) is 8.72. The molecular weight excluding hydrogens is 218 g/mol. The summed E-state index contributed by atoms with van der Waals surface area (Å²) in [5.41, 5.74) is 1.07. The lowest BCUT2D eigenvalue weighted by Crippen LogP contribution is -3.00. The predicted octanol–water partition coefficient (Wildman–Crippen LogP) is -1.36. The lowest BCUT2D eigenvalue weighted by atomic mass is 10.4. The van der Waals surface area contributed by atoms with E-state index in [1.165, 1.54) is 0 Å². The number of rotatable bonds is 4. The minimum Gasteiger partial charge on any atom is -1.00 e. The van der Waals surface area contributed by atoms with Crippen LogP contribution in [0.15, 0.2) is 12.2 Å². The molecular formula is C9H20BrNO. The molecule has 0 aliphatic rings. The number of nitrogens with zero attached hydrogens (tertiary/aromatic N) is 1. The van der Waals surface area contributed by atoms with Crippen LogP contribution < -0.4 is 17.0 Å². The van der Waals surface area contributed by atoms with Gasteiger partial charge in [-0.2, -0.15) is 0 Å². The normalized spacial score (nSPS) is 13.4. The average molecular weight is 238 g/mol. The molecule has 0 bridgehead atoms. The molecule has 1 atom stereocenters. The molecule has 3 heteroatoms. The fraction of sp³-hybridized carbons (Fsp3) is 0.778. The predicted molar refractivity (Wildman–Crippen MR) is 48.3 cm³/mol. The number of ether oxygens (including phenoxy) is 1. The van der Waals surface area contributed by atoms with E-state index >= 15 is 0 Å². The molecule has 1 unspecified atom stereocenters. The molecule has 0 aromatic heterocycles. The number of hydrogen-bond donors (Lipinski definition) is 0. The molecule has 0 saturated heterocycles. The highest BCUT2D eigenvalue weighted by Gasteiger charge is 2.17. The third-order valence-electron chi connectivity index (χ3n) is 1.66. The summed E-state index contributed by atoms with van der Waals surface area (Å²) >= 11 is 0. The van der Waals surface area contributed by atoms with E-state index in [0.29, 0.717) is 6.61 Å². The van der Waals surface area contributed by atoms with Crippen LogP contribution in [0.25, 0.3) is 0 Å². The Balaban J connectivity index is 0. The molecule has 0 radical (unpaired) electrons. The van der Waals surface area contributed by atoms with Gasteiger partial charge in [-0.1, -0.05) is 12.2 Å². The van der Waals surface area contributed by atoms with Crippen LogP contribution in [0.3, 0.4) is 0 Å². The topological polar surface area (TPSA) is 9.23 Å². The van der Waals surface area contributed by atoms with Gasteiger partial charge in [-0.15, -0.1) is 0 Å². The molecule has 2 nitrogen and oxygen atoms in total. The van der Waals surface area contributed by atoms with E-state index in [1.807, 2.05) is 6.92 Å². The monoisotopic (exact) mass is 237 g/mol. The Kier molecular flexibility index (Phi) is 7.00. The smallest absolute Gasteiger partial charge is 0.190 e. The fourth-order valence-corrected chi connectivity index (χ4v) is 0.486. The summed E-state index contributed by atoms with van der Waals surface area (Å²) in [6.07, 6.45) is 0.228. The van der Waals surface area contributed by atoms with Gasteiger partial charge in [0.25, 0.3) is 0 Å². The molecule has 0 spiro atoms. The molecule has 0 amide bonds. The van der Waals surface area contributed by atoms with Crippen molar-refractivity contribution in [2.24, 2.45) is 0 Å². The van der Waals surface area contributed by atoms with Gasteiger partial charge in [-0.05, 0) is 6.92 Å². The summed E-state index contributed by atoms with van der Waals surface area (Å²) in [5, 5.41) is 0. The Morgan fingerprint density at radius 3 is 2.08 bits per heavy atom. The van der Waals surface area contributed by atoms with Crippen LogP contribution in [0.2, 0.25) is 0 Å². The van der Waals surface area contributed by atoms with Gasteiger partial charge in [0.2, 0.25) is 0 Å². The SMILES string of the molecule is C=C(C)COC(C)[N+](C)(C)C.[Br-]. The molecule has 0 heterocycles. The molecule has 0 aliphatic carbocycles. The summed E-state index contributed by atoms with van der Waals surface area (Å²) in [7, 11) is 6.34. The van der Waals surface area contributed by atoms with E-state index in [-0.39, 0.29) is 23.2 Å². The van der Waals surface area contributed by atoms with E-state index in [2.05, 4.69) is 34.6 Å². The molecule has 0 rings (SSSR count). The van der Waals surface area contributed by atoms with Crippen molar-refractivity contribution >= 4 is 0 Å². The van der Waals surface area contributed by atoms with Gasteiger partial charge in [0.05, 0.1) is 27.7 Å². The van der Waals surface area contributed by atoms with Crippen LogP contribution >= 0.6 is 0 Å². The van der Waals surface area contributed by atoms with Crippen molar-refractivity contribution in [3.8, 4) is 0 Å². The zero-order chi connectivity index (χ0) is 9.07. The van der Waals surface area contributed by atoms with E-state index in [1.54, 1.807) is 0 Å². The Labute approximate surface area is 86.6 Å². The number of hydrogen-bond acceptors (Lipinski definition) is 1.